The predicted molar refractivity (Wildman–Crippen MR) is 121 cm³/mol. The lowest BCUT2D eigenvalue weighted by atomic mass is 10.1. The number of ether oxygens (including phenoxy) is 1. The number of hydrogen-bond acceptors (Lipinski definition) is 7. The van der Waals surface area contributed by atoms with Gasteiger partial charge in [0.25, 0.3) is 5.69 Å². The van der Waals surface area contributed by atoms with E-state index in [1.807, 2.05) is 32.9 Å². The molecule has 0 radical (unpaired) electrons. The van der Waals surface area contributed by atoms with Gasteiger partial charge in [0.1, 0.15) is 29.4 Å². The fourth-order valence-corrected chi connectivity index (χ4v) is 3.27. The van der Waals surface area contributed by atoms with E-state index < -0.39 is 21.8 Å². The Morgan fingerprint density at radius 1 is 1.06 bits per heavy atom. The maximum atomic E-state index is 12.7. The molecule has 3 aromatic rings. The summed E-state index contributed by atoms with van der Waals surface area (Å²) in [4.78, 5) is 34.1. The third-order valence-electron chi connectivity index (χ3n) is 5.23. The molecule has 11 heteroatoms. The van der Waals surface area contributed by atoms with Crippen molar-refractivity contribution >= 4 is 23.0 Å². The molecule has 0 bridgehead atoms. The molecular weight excluding hydrogens is 430 g/mol. The Kier molecular flexibility index (Phi) is 6.43. The zero-order valence-electron chi connectivity index (χ0n) is 18.8. The van der Waals surface area contributed by atoms with Crippen molar-refractivity contribution in [3.8, 4) is 11.5 Å². The van der Waals surface area contributed by atoms with E-state index in [4.69, 9.17) is 4.74 Å². The minimum atomic E-state index is -0.900. The number of hydrogen-bond donors (Lipinski definition) is 1. The van der Waals surface area contributed by atoms with Gasteiger partial charge in [-0.05, 0) is 57.4 Å². The van der Waals surface area contributed by atoms with Crippen LogP contribution in [-0.4, -0.2) is 25.5 Å². The Bertz CT molecular complexity index is 1270. The molecule has 1 atom stereocenters. The third-order valence-corrected chi connectivity index (χ3v) is 5.23. The highest BCUT2D eigenvalue weighted by Crippen LogP contribution is 2.33. The molecule has 1 heterocycles. The summed E-state index contributed by atoms with van der Waals surface area (Å²) in [6, 6.07) is 6.89. The van der Waals surface area contributed by atoms with E-state index in [0.29, 0.717) is 5.75 Å². The molecule has 1 aromatic heterocycles. The molecule has 2 aromatic carbocycles. The summed E-state index contributed by atoms with van der Waals surface area (Å²) in [7, 11) is 0. The number of nitro groups is 2. The Balaban J connectivity index is 1.89. The summed E-state index contributed by atoms with van der Waals surface area (Å²) in [5, 5.41) is 29.1. The standard InChI is InChI=1S/C22H23N5O6/c1-12-6-13(2)14(3)21(7-12)33-19-9-17(8-18(10-19)26(29)30)23-22(28)16(5)25-11-20(27(31)32)15(4)24-25/h6-11,16H,1-5H3,(H,23,28). The SMILES string of the molecule is Cc1cc(C)c(C)c(Oc2cc(NC(=O)C(C)n3cc([N+](=O)[O-])c(C)n3)cc([N+](=O)[O-])c2)c1. The topological polar surface area (TPSA) is 142 Å². The lowest BCUT2D eigenvalue weighted by Gasteiger charge is -2.15. The molecule has 0 saturated carbocycles. The molecule has 0 saturated heterocycles. The van der Waals surface area contributed by atoms with Gasteiger partial charge in [-0.2, -0.15) is 5.10 Å². The number of nitrogens with zero attached hydrogens (tertiary/aromatic N) is 4. The van der Waals surface area contributed by atoms with Crippen molar-refractivity contribution in [3.05, 3.63) is 79.1 Å². The van der Waals surface area contributed by atoms with E-state index in [2.05, 4.69) is 10.4 Å². The number of aryl methyl sites for hydroxylation is 3. The van der Waals surface area contributed by atoms with Crippen LogP contribution in [0.1, 0.15) is 35.3 Å². The smallest absolute Gasteiger partial charge is 0.309 e. The Hall–Kier alpha value is -4.28. The summed E-state index contributed by atoms with van der Waals surface area (Å²) < 4.78 is 7.10. The Morgan fingerprint density at radius 3 is 2.36 bits per heavy atom. The van der Waals surface area contributed by atoms with Crippen LogP contribution in [0.4, 0.5) is 17.1 Å². The fraction of sp³-hybridized carbons (Fsp3) is 0.273. The highest BCUT2D eigenvalue weighted by Gasteiger charge is 2.23. The van der Waals surface area contributed by atoms with Crippen molar-refractivity contribution in [2.45, 2.75) is 40.7 Å². The predicted octanol–water partition coefficient (Wildman–Crippen LogP) is 4.93. The van der Waals surface area contributed by atoms with Crippen molar-refractivity contribution in [2.24, 2.45) is 0 Å². The molecule has 0 spiro atoms. The molecule has 0 fully saturated rings. The largest absolute Gasteiger partial charge is 0.457 e. The molecule has 1 amide bonds. The normalized spacial score (nSPS) is 11.7. The molecule has 1 N–H and O–H groups in total. The van der Waals surface area contributed by atoms with E-state index in [9.17, 15) is 25.0 Å². The van der Waals surface area contributed by atoms with Crippen molar-refractivity contribution in [1.29, 1.82) is 0 Å². The van der Waals surface area contributed by atoms with Crippen LogP contribution in [0.25, 0.3) is 0 Å². The molecule has 0 aliphatic rings. The van der Waals surface area contributed by atoms with Crippen LogP contribution in [0.15, 0.2) is 36.5 Å². The summed E-state index contributed by atoms with van der Waals surface area (Å²) in [5.41, 5.74) is 2.74. The summed E-state index contributed by atoms with van der Waals surface area (Å²) in [6.45, 7) is 8.73. The van der Waals surface area contributed by atoms with Gasteiger partial charge in [-0.25, -0.2) is 0 Å². The number of nitrogens with one attached hydrogen (secondary N) is 1. The van der Waals surface area contributed by atoms with Gasteiger partial charge in [0, 0.05) is 12.1 Å². The minimum absolute atomic E-state index is 0.149. The molecule has 1 unspecified atom stereocenters. The first-order valence-corrected chi connectivity index (χ1v) is 10.0. The second kappa shape index (κ2) is 9.07. The van der Waals surface area contributed by atoms with Crippen molar-refractivity contribution in [1.82, 2.24) is 9.78 Å². The molecule has 11 nitrogen and oxygen atoms in total. The first kappa shape index (κ1) is 23.4. The molecular formula is C22H23N5O6. The van der Waals surface area contributed by atoms with Crippen molar-refractivity contribution in [2.75, 3.05) is 5.32 Å². The molecule has 172 valence electrons. The van der Waals surface area contributed by atoms with E-state index in [0.717, 1.165) is 16.7 Å². The van der Waals surface area contributed by atoms with Gasteiger partial charge in [-0.1, -0.05) is 6.07 Å². The zero-order valence-corrected chi connectivity index (χ0v) is 18.8. The second-order valence-electron chi connectivity index (χ2n) is 7.78. The fourth-order valence-electron chi connectivity index (χ4n) is 3.27. The van der Waals surface area contributed by atoms with E-state index >= 15 is 0 Å². The first-order valence-electron chi connectivity index (χ1n) is 10.0. The third kappa shape index (κ3) is 5.14. The molecule has 0 aliphatic carbocycles. The van der Waals surface area contributed by atoms with Crippen LogP contribution >= 0.6 is 0 Å². The maximum Gasteiger partial charge on any atom is 0.309 e. The molecule has 0 aliphatic heterocycles. The number of rotatable bonds is 7. The highest BCUT2D eigenvalue weighted by atomic mass is 16.6. The van der Waals surface area contributed by atoms with Crippen LogP contribution in [0.5, 0.6) is 11.5 Å². The van der Waals surface area contributed by atoms with Gasteiger partial charge >= 0.3 is 5.69 Å². The van der Waals surface area contributed by atoms with Gasteiger partial charge in [-0.3, -0.25) is 29.7 Å². The number of nitro benzene ring substituents is 1. The maximum absolute atomic E-state index is 12.7. The van der Waals surface area contributed by atoms with Crippen LogP contribution in [-0.2, 0) is 4.79 Å². The lowest BCUT2D eigenvalue weighted by Crippen LogP contribution is -2.24. The zero-order chi connectivity index (χ0) is 24.4. The number of anilines is 1. The molecule has 3 rings (SSSR count). The number of non-ortho nitro benzene ring substituents is 1. The van der Waals surface area contributed by atoms with Gasteiger partial charge in [0.05, 0.1) is 21.6 Å². The number of carbonyl (C=O) groups excluding carboxylic acids is 1. The van der Waals surface area contributed by atoms with Crippen molar-refractivity contribution < 1.29 is 19.4 Å². The highest BCUT2D eigenvalue weighted by molar-refractivity contribution is 5.94. The minimum Gasteiger partial charge on any atom is -0.457 e. The van der Waals surface area contributed by atoms with Crippen LogP contribution in [0.3, 0.4) is 0 Å². The monoisotopic (exact) mass is 453 g/mol. The summed E-state index contributed by atoms with van der Waals surface area (Å²) in [6.07, 6.45) is 1.17. The number of aromatic nitrogens is 2. The van der Waals surface area contributed by atoms with Crippen LogP contribution in [0.2, 0.25) is 0 Å². The van der Waals surface area contributed by atoms with E-state index in [-0.39, 0.29) is 28.5 Å². The van der Waals surface area contributed by atoms with Gasteiger partial charge in [0.2, 0.25) is 5.91 Å². The first-order chi connectivity index (χ1) is 15.5. The van der Waals surface area contributed by atoms with Gasteiger partial charge in [-0.15, -0.1) is 0 Å². The average Bonchev–Trinajstić information content (AvgIpc) is 3.12. The Morgan fingerprint density at radius 2 is 1.76 bits per heavy atom. The molecule has 33 heavy (non-hydrogen) atoms. The quantitative estimate of drug-likeness (QED) is 0.395. The second-order valence-corrected chi connectivity index (χ2v) is 7.78. The van der Waals surface area contributed by atoms with Crippen molar-refractivity contribution in [3.63, 3.8) is 0 Å². The average molecular weight is 453 g/mol. The van der Waals surface area contributed by atoms with Gasteiger partial charge < -0.3 is 10.1 Å². The number of carbonyl (C=O) groups is 1. The Labute approximate surface area is 189 Å². The van der Waals surface area contributed by atoms with Gasteiger partial charge in [0.15, 0.2) is 0 Å². The number of benzene rings is 2. The van der Waals surface area contributed by atoms with Crippen LogP contribution in [0, 0.1) is 47.9 Å². The summed E-state index contributed by atoms with van der Waals surface area (Å²) >= 11 is 0. The number of amides is 1. The lowest BCUT2D eigenvalue weighted by molar-refractivity contribution is -0.385. The van der Waals surface area contributed by atoms with Crippen LogP contribution < -0.4 is 10.1 Å². The van der Waals surface area contributed by atoms with E-state index in [1.54, 1.807) is 0 Å². The van der Waals surface area contributed by atoms with E-state index in [1.165, 1.54) is 42.9 Å². The summed E-state index contributed by atoms with van der Waals surface area (Å²) in [5.74, 6) is 0.185.